The summed E-state index contributed by atoms with van der Waals surface area (Å²) in [4.78, 5) is 11.9. The molecule has 0 spiro atoms. The molecule has 0 aromatic carbocycles. The molecular formula is C15H19F3O. The molecule has 0 N–H and O–H groups in total. The van der Waals surface area contributed by atoms with Crippen LogP contribution in [-0.4, -0.2) is 12.0 Å². The third-order valence-corrected chi connectivity index (χ3v) is 5.72. The molecule has 4 aliphatic rings. The van der Waals surface area contributed by atoms with Crippen molar-refractivity contribution in [3.05, 3.63) is 12.2 Å². The van der Waals surface area contributed by atoms with Crippen LogP contribution >= 0.6 is 0 Å². The topological polar surface area (TPSA) is 17.1 Å². The van der Waals surface area contributed by atoms with Gasteiger partial charge in [-0.15, -0.1) is 0 Å². The first-order valence-corrected chi connectivity index (χ1v) is 7.01. The maximum atomic E-state index is 12.9. The lowest BCUT2D eigenvalue weighted by Crippen LogP contribution is -2.57. The molecule has 0 radical (unpaired) electrons. The Bertz CT molecular complexity index is 423. The second-order valence-electron chi connectivity index (χ2n) is 6.88. The van der Waals surface area contributed by atoms with Crippen molar-refractivity contribution in [1.82, 2.24) is 0 Å². The van der Waals surface area contributed by atoms with E-state index in [1.54, 1.807) is 0 Å². The van der Waals surface area contributed by atoms with E-state index in [0.717, 1.165) is 37.7 Å². The van der Waals surface area contributed by atoms with Gasteiger partial charge in [-0.1, -0.05) is 12.2 Å². The summed E-state index contributed by atoms with van der Waals surface area (Å²) >= 11 is 0. The minimum absolute atomic E-state index is 0.0722. The summed E-state index contributed by atoms with van der Waals surface area (Å²) in [6, 6.07) is 0. The standard InChI is InChI=1S/C15H19F3O/c1-8(2)14-6-9-3-10(7-14)5-11(4-9)12(14)13(19)15(16,17)18/h9-12H,1,3-7H2,2H3. The molecule has 106 valence electrons. The van der Waals surface area contributed by atoms with Crippen LogP contribution in [0.4, 0.5) is 13.2 Å². The number of alkyl halides is 3. The highest BCUT2D eigenvalue weighted by Crippen LogP contribution is 2.66. The summed E-state index contributed by atoms with van der Waals surface area (Å²) in [7, 11) is 0. The van der Waals surface area contributed by atoms with Gasteiger partial charge in [-0.3, -0.25) is 4.79 Å². The number of rotatable bonds is 2. The normalized spacial score (nSPS) is 44.4. The molecule has 4 bridgehead atoms. The first-order valence-electron chi connectivity index (χ1n) is 7.01. The van der Waals surface area contributed by atoms with Crippen molar-refractivity contribution in [3.8, 4) is 0 Å². The number of Topliss-reactive ketones (excluding diaryl/α,β-unsaturated/α-hetero) is 1. The average Bonchev–Trinajstić information content (AvgIpc) is 2.25. The van der Waals surface area contributed by atoms with Gasteiger partial charge in [0.1, 0.15) is 0 Å². The molecule has 0 aromatic rings. The number of ketones is 1. The molecule has 4 saturated carbocycles. The molecule has 0 heterocycles. The average molecular weight is 272 g/mol. The number of allylic oxidation sites excluding steroid dienone is 1. The van der Waals surface area contributed by atoms with Crippen LogP contribution in [-0.2, 0) is 4.79 Å². The molecule has 0 amide bonds. The maximum Gasteiger partial charge on any atom is 0.450 e. The smallest absolute Gasteiger partial charge is 0.289 e. The molecule has 0 aromatic heterocycles. The molecule has 0 saturated heterocycles. The van der Waals surface area contributed by atoms with Crippen molar-refractivity contribution in [2.24, 2.45) is 29.1 Å². The Hall–Kier alpha value is -0.800. The van der Waals surface area contributed by atoms with E-state index in [9.17, 15) is 18.0 Å². The summed E-state index contributed by atoms with van der Waals surface area (Å²) in [5.41, 5.74) is 0.218. The van der Waals surface area contributed by atoms with Crippen LogP contribution in [0.3, 0.4) is 0 Å². The Morgan fingerprint density at radius 3 is 2.11 bits per heavy atom. The molecule has 3 unspecified atom stereocenters. The highest BCUT2D eigenvalue weighted by Gasteiger charge is 2.63. The van der Waals surface area contributed by atoms with Crippen molar-refractivity contribution < 1.29 is 18.0 Å². The van der Waals surface area contributed by atoms with E-state index in [-0.39, 0.29) is 5.92 Å². The molecule has 19 heavy (non-hydrogen) atoms. The fourth-order valence-electron chi connectivity index (χ4n) is 5.30. The van der Waals surface area contributed by atoms with Crippen LogP contribution in [0.25, 0.3) is 0 Å². The Morgan fingerprint density at radius 1 is 1.16 bits per heavy atom. The van der Waals surface area contributed by atoms with E-state index in [2.05, 4.69) is 6.58 Å². The zero-order valence-electron chi connectivity index (χ0n) is 11.1. The van der Waals surface area contributed by atoms with Crippen LogP contribution in [0.5, 0.6) is 0 Å². The van der Waals surface area contributed by atoms with Crippen molar-refractivity contribution in [2.45, 2.75) is 45.2 Å². The van der Waals surface area contributed by atoms with Crippen molar-refractivity contribution >= 4 is 5.78 Å². The predicted octanol–water partition coefficient (Wildman–Crippen LogP) is 4.14. The molecule has 4 heteroatoms. The number of hydrogen-bond acceptors (Lipinski definition) is 1. The third kappa shape index (κ3) is 1.78. The first-order chi connectivity index (χ1) is 8.74. The van der Waals surface area contributed by atoms with Gasteiger partial charge < -0.3 is 0 Å². The molecular weight excluding hydrogens is 253 g/mol. The van der Waals surface area contributed by atoms with E-state index in [1.165, 1.54) is 0 Å². The van der Waals surface area contributed by atoms with Crippen molar-refractivity contribution in [2.75, 3.05) is 0 Å². The Kier molecular flexibility index (Phi) is 2.68. The number of carbonyl (C=O) groups is 1. The number of hydrogen-bond donors (Lipinski definition) is 0. The van der Waals surface area contributed by atoms with Gasteiger partial charge in [-0.25, -0.2) is 0 Å². The van der Waals surface area contributed by atoms with Gasteiger partial charge in [0, 0.05) is 11.3 Å². The highest BCUT2D eigenvalue weighted by molar-refractivity contribution is 5.88. The molecule has 4 fully saturated rings. The van der Waals surface area contributed by atoms with E-state index >= 15 is 0 Å². The third-order valence-electron chi connectivity index (χ3n) is 5.72. The van der Waals surface area contributed by atoms with Gasteiger partial charge in [0.05, 0.1) is 0 Å². The Balaban J connectivity index is 2.02. The monoisotopic (exact) mass is 272 g/mol. The van der Waals surface area contributed by atoms with E-state index in [0.29, 0.717) is 11.8 Å². The van der Waals surface area contributed by atoms with Gasteiger partial charge in [-0.2, -0.15) is 13.2 Å². The summed E-state index contributed by atoms with van der Waals surface area (Å²) in [5.74, 6) is -1.42. The van der Waals surface area contributed by atoms with Gasteiger partial charge in [0.25, 0.3) is 0 Å². The zero-order chi connectivity index (χ0) is 14.0. The van der Waals surface area contributed by atoms with Crippen LogP contribution in [0, 0.1) is 29.1 Å². The maximum absolute atomic E-state index is 12.9. The SMILES string of the molecule is C=C(C)C12CC3CC(CC(C3)C1C(=O)C(F)(F)F)C2. The van der Waals surface area contributed by atoms with Crippen LogP contribution in [0.2, 0.25) is 0 Å². The fraction of sp³-hybridized carbons (Fsp3) is 0.800. The zero-order valence-corrected chi connectivity index (χ0v) is 11.1. The van der Waals surface area contributed by atoms with Gasteiger partial charge in [0.15, 0.2) is 0 Å². The minimum Gasteiger partial charge on any atom is -0.289 e. The van der Waals surface area contributed by atoms with Gasteiger partial charge >= 0.3 is 6.18 Å². The summed E-state index contributed by atoms with van der Waals surface area (Å²) < 4.78 is 38.7. The van der Waals surface area contributed by atoms with Crippen LogP contribution in [0.1, 0.15) is 39.0 Å². The second-order valence-corrected chi connectivity index (χ2v) is 6.88. The lowest BCUT2D eigenvalue weighted by Gasteiger charge is -2.61. The quantitative estimate of drug-likeness (QED) is 0.691. The van der Waals surface area contributed by atoms with Gasteiger partial charge in [0.2, 0.25) is 5.78 Å². The lowest BCUT2D eigenvalue weighted by molar-refractivity contribution is -0.193. The summed E-state index contributed by atoms with van der Waals surface area (Å²) in [5, 5.41) is 0. The predicted molar refractivity (Wildman–Crippen MR) is 65.4 cm³/mol. The Labute approximate surface area is 111 Å². The number of carbonyl (C=O) groups excluding carboxylic acids is 1. The van der Waals surface area contributed by atoms with E-state index in [4.69, 9.17) is 0 Å². The van der Waals surface area contributed by atoms with Crippen molar-refractivity contribution in [1.29, 1.82) is 0 Å². The molecule has 1 nitrogen and oxygen atoms in total. The summed E-state index contributed by atoms with van der Waals surface area (Å²) in [6.07, 6.45) is -0.485. The van der Waals surface area contributed by atoms with E-state index in [1.807, 2.05) is 6.92 Å². The van der Waals surface area contributed by atoms with Crippen molar-refractivity contribution in [3.63, 3.8) is 0 Å². The number of halogens is 3. The van der Waals surface area contributed by atoms with Crippen LogP contribution in [0.15, 0.2) is 12.2 Å². The first kappa shape index (κ1) is 13.2. The van der Waals surface area contributed by atoms with Crippen LogP contribution < -0.4 is 0 Å². The van der Waals surface area contributed by atoms with Gasteiger partial charge in [-0.05, 0) is 56.8 Å². The molecule has 0 aliphatic heterocycles. The molecule has 4 rings (SSSR count). The molecule has 3 atom stereocenters. The fourth-order valence-corrected chi connectivity index (χ4v) is 5.30. The molecule has 4 aliphatic carbocycles. The Morgan fingerprint density at radius 2 is 1.68 bits per heavy atom. The largest absolute Gasteiger partial charge is 0.450 e. The minimum atomic E-state index is -4.71. The second kappa shape index (κ2) is 3.86. The summed E-state index contributed by atoms with van der Waals surface area (Å²) in [6.45, 7) is 5.75. The lowest BCUT2D eigenvalue weighted by atomic mass is 9.43. The highest BCUT2D eigenvalue weighted by atomic mass is 19.4. The van der Waals surface area contributed by atoms with E-state index < -0.39 is 23.3 Å².